The molecule has 0 aliphatic rings. The normalized spacial score (nSPS) is 11.1. The van der Waals surface area contributed by atoms with Crippen LogP contribution in [0.2, 0.25) is 0 Å². The van der Waals surface area contributed by atoms with E-state index in [4.69, 9.17) is 38.6 Å². The Morgan fingerprint density at radius 1 is 1.36 bits per heavy atom. The highest BCUT2D eigenvalue weighted by atomic mass is 35.9. The molecule has 0 radical (unpaired) electrons. The SMILES string of the molecule is C=C(Cl)c1ccccc1OP(=O)(Cl)Cl. The van der Waals surface area contributed by atoms with E-state index in [1.165, 1.54) is 0 Å². The number of benzene rings is 1. The maximum atomic E-state index is 11.0. The van der Waals surface area contributed by atoms with Gasteiger partial charge in [0.05, 0.1) is 0 Å². The first-order valence-electron chi connectivity index (χ1n) is 3.53. The van der Waals surface area contributed by atoms with Gasteiger partial charge in [0.1, 0.15) is 5.75 Å². The van der Waals surface area contributed by atoms with Crippen LogP contribution < -0.4 is 4.52 Å². The van der Waals surface area contributed by atoms with Crippen LogP contribution in [0.1, 0.15) is 5.56 Å². The van der Waals surface area contributed by atoms with Crippen LogP contribution in [0.5, 0.6) is 5.75 Å². The minimum Gasteiger partial charge on any atom is -0.422 e. The molecule has 0 bridgehead atoms. The lowest BCUT2D eigenvalue weighted by Crippen LogP contribution is -1.86. The van der Waals surface area contributed by atoms with Gasteiger partial charge in [-0.25, -0.2) is 4.57 Å². The Balaban J connectivity index is 3.08. The van der Waals surface area contributed by atoms with Crippen molar-refractivity contribution in [1.82, 2.24) is 0 Å². The predicted molar refractivity (Wildman–Crippen MR) is 61.3 cm³/mol. The second kappa shape index (κ2) is 4.59. The van der Waals surface area contributed by atoms with Gasteiger partial charge in [0.15, 0.2) is 0 Å². The van der Waals surface area contributed by atoms with Gasteiger partial charge in [-0.15, -0.1) is 0 Å². The first-order valence-corrected chi connectivity index (χ1v) is 7.34. The zero-order valence-corrected chi connectivity index (χ0v) is 10.1. The number of hydrogen-bond donors (Lipinski definition) is 0. The third-order valence-electron chi connectivity index (χ3n) is 1.38. The summed E-state index contributed by atoms with van der Waals surface area (Å²) in [7, 11) is 0. The second-order valence-corrected chi connectivity index (χ2v) is 7.06. The van der Waals surface area contributed by atoms with E-state index in [-0.39, 0.29) is 10.8 Å². The van der Waals surface area contributed by atoms with Crippen molar-refractivity contribution in [3.05, 3.63) is 36.4 Å². The van der Waals surface area contributed by atoms with Gasteiger partial charge < -0.3 is 4.52 Å². The maximum absolute atomic E-state index is 11.0. The number of halogens is 3. The third-order valence-corrected chi connectivity index (χ3v) is 2.41. The van der Waals surface area contributed by atoms with E-state index >= 15 is 0 Å². The Morgan fingerprint density at radius 3 is 2.43 bits per heavy atom. The van der Waals surface area contributed by atoms with Crippen molar-refractivity contribution in [1.29, 1.82) is 0 Å². The molecule has 76 valence electrons. The monoisotopic (exact) mass is 270 g/mol. The summed E-state index contributed by atoms with van der Waals surface area (Å²) >= 11 is 16.2. The van der Waals surface area contributed by atoms with E-state index in [9.17, 15) is 4.57 Å². The summed E-state index contributed by atoms with van der Waals surface area (Å²) in [5.74, 6) is 0.251. The van der Waals surface area contributed by atoms with Crippen molar-refractivity contribution in [3.63, 3.8) is 0 Å². The molecule has 0 heterocycles. The summed E-state index contributed by atoms with van der Waals surface area (Å²) in [5, 5.41) is 0.266. The van der Waals surface area contributed by atoms with E-state index in [0.717, 1.165) is 0 Å². The molecular weight excluding hydrogens is 265 g/mol. The lowest BCUT2D eigenvalue weighted by Gasteiger charge is -2.09. The molecule has 0 spiro atoms. The van der Waals surface area contributed by atoms with Gasteiger partial charge in [0.2, 0.25) is 0 Å². The molecule has 0 atom stereocenters. The first-order chi connectivity index (χ1) is 6.40. The van der Waals surface area contributed by atoms with E-state index in [1.807, 2.05) is 0 Å². The zero-order chi connectivity index (χ0) is 10.8. The van der Waals surface area contributed by atoms with Crippen molar-refractivity contribution in [2.45, 2.75) is 0 Å². The molecule has 14 heavy (non-hydrogen) atoms. The van der Waals surface area contributed by atoms with Crippen molar-refractivity contribution < 1.29 is 9.09 Å². The standard InChI is InChI=1S/C8H6Cl3O2P/c1-6(9)7-4-2-3-5-8(7)13-14(10,11)12/h2-5H,1H2. The van der Waals surface area contributed by atoms with Gasteiger partial charge in [-0.1, -0.05) is 30.3 Å². The third kappa shape index (κ3) is 3.55. The molecule has 0 saturated carbocycles. The fourth-order valence-corrected chi connectivity index (χ4v) is 1.88. The van der Waals surface area contributed by atoms with Crippen LogP contribution >= 0.6 is 40.2 Å². The highest BCUT2D eigenvalue weighted by Gasteiger charge is 2.18. The number of hydrogen-bond acceptors (Lipinski definition) is 2. The van der Waals surface area contributed by atoms with Crippen molar-refractivity contribution in [2.24, 2.45) is 0 Å². The molecule has 0 aliphatic heterocycles. The van der Waals surface area contributed by atoms with Crippen LogP contribution in [-0.4, -0.2) is 0 Å². The van der Waals surface area contributed by atoms with Crippen LogP contribution in [-0.2, 0) is 4.57 Å². The predicted octanol–water partition coefficient (Wildman–Crippen LogP) is 4.86. The number of rotatable bonds is 3. The Hall–Kier alpha value is -0.140. The van der Waals surface area contributed by atoms with Crippen LogP contribution in [0.4, 0.5) is 0 Å². The summed E-state index contributed by atoms with van der Waals surface area (Å²) in [6, 6.07) is 6.64. The van der Waals surface area contributed by atoms with Crippen LogP contribution in [0.15, 0.2) is 30.8 Å². The molecule has 1 rings (SSSR count). The lowest BCUT2D eigenvalue weighted by atomic mass is 10.2. The molecule has 0 aliphatic carbocycles. The molecule has 0 aromatic heterocycles. The fraction of sp³-hybridized carbons (Fsp3) is 0. The fourth-order valence-electron chi connectivity index (χ4n) is 0.885. The molecule has 2 nitrogen and oxygen atoms in total. The van der Waals surface area contributed by atoms with Gasteiger partial charge in [-0.2, -0.15) is 0 Å². The molecule has 1 aromatic carbocycles. The highest BCUT2D eigenvalue weighted by Crippen LogP contribution is 2.57. The molecule has 0 amide bonds. The van der Waals surface area contributed by atoms with Gasteiger partial charge in [0.25, 0.3) is 0 Å². The summed E-state index contributed by atoms with van der Waals surface area (Å²) in [6.07, 6.45) is -3.61. The topological polar surface area (TPSA) is 26.3 Å². The second-order valence-electron chi connectivity index (χ2n) is 2.41. The Labute approximate surface area is 96.5 Å². The molecule has 0 N–H and O–H groups in total. The molecule has 6 heteroatoms. The quantitative estimate of drug-likeness (QED) is 0.734. The Kier molecular flexibility index (Phi) is 3.91. The van der Waals surface area contributed by atoms with E-state index in [2.05, 4.69) is 6.58 Å². The van der Waals surface area contributed by atoms with Crippen molar-refractivity contribution in [3.8, 4) is 5.75 Å². The summed E-state index contributed by atoms with van der Waals surface area (Å²) in [4.78, 5) is 0. The van der Waals surface area contributed by atoms with Crippen LogP contribution in [0.25, 0.3) is 5.03 Å². The first kappa shape index (κ1) is 11.9. The highest BCUT2D eigenvalue weighted by molar-refractivity contribution is 8.05. The average Bonchev–Trinajstić information content (AvgIpc) is 2.01. The summed E-state index contributed by atoms with van der Waals surface area (Å²) in [6.45, 7) is 3.53. The maximum Gasteiger partial charge on any atom is 0.428 e. The molecule has 0 fully saturated rings. The Morgan fingerprint density at radius 2 is 1.93 bits per heavy atom. The smallest absolute Gasteiger partial charge is 0.422 e. The lowest BCUT2D eigenvalue weighted by molar-refractivity contribution is 0.512. The number of para-hydroxylation sites is 1. The van der Waals surface area contributed by atoms with E-state index in [1.54, 1.807) is 24.3 Å². The van der Waals surface area contributed by atoms with Crippen molar-refractivity contribution in [2.75, 3.05) is 0 Å². The largest absolute Gasteiger partial charge is 0.428 e. The van der Waals surface area contributed by atoms with Gasteiger partial charge >= 0.3 is 6.07 Å². The molecule has 1 aromatic rings. The van der Waals surface area contributed by atoms with Gasteiger partial charge in [0, 0.05) is 33.1 Å². The van der Waals surface area contributed by atoms with Gasteiger partial charge in [-0.3, -0.25) is 0 Å². The summed E-state index contributed by atoms with van der Waals surface area (Å²) < 4.78 is 15.8. The van der Waals surface area contributed by atoms with Crippen LogP contribution in [0, 0.1) is 0 Å². The zero-order valence-electron chi connectivity index (χ0n) is 6.91. The minimum atomic E-state index is -3.61. The van der Waals surface area contributed by atoms with Crippen molar-refractivity contribution >= 4 is 45.2 Å². The molecule has 0 saturated heterocycles. The summed E-state index contributed by atoms with van der Waals surface area (Å²) in [5.41, 5.74) is 0.510. The minimum absolute atomic E-state index is 0.251. The average molecular weight is 271 g/mol. The van der Waals surface area contributed by atoms with E-state index < -0.39 is 6.07 Å². The van der Waals surface area contributed by atoms with Gasteiger partial charge in [-0.05, 0) is 12.1 Å². The molecular formula is C8H6Cl3O2P. The molecule has 0 unspecified atom stereocenters. The van der Waals surface area contributed by atoms with Crippen LogP contribution in [0.3, 0.4) is 0 Å². The Bertz CT molecular complexity index is 399. The van der Waals surface area contributed by atoms with E-state index in [0.29, 0.717) is 5.56 Å².